The van der Waals surface area contributed by atoms with Crippen LogP contribution in [0.4, 0.5) is 0 Å². The molecule has 0 aliphatic carbocycles. The van der Waals surface area contributed by atoms with Crippen molar-refractivity contribution in [3.05, 3.63) is 119 Å². The van der Waals surface area contributed by atoms with Crippen molar-refractivity contribution in [2.45, 2.75) is 32.1 Å². The van der Waals surface area contributed by atoms with E-state index in [2.05, 4.69) is 21.1 Å². The van der Waals surface area contributed by atoms with Crippen molar-refractivity contribution < 1.29 is 38.1 Å². The molecule has 0 aliphatic heterocycles. The fraction of sp³-hybridized carbons (Fsp3) is 0.189. The number of carbonyl (C=O) groups is 4. The van der Waals surface area contributed by atoms with Crippen LogP contribution in [0.15, 0.2) is 107 Å². The zero-order valence-corrected chi connectivity index (χ0v) is 27.1. The SMILES string of the molecule is COc1cc(/C=N/NC(=O)CCCCCC(=O)N/N=C/c2ccc(OC(=O)c3ccccc3)c(OC)c2)ccc1OC(=O)c1ccccc1. The third-order valence-electron chi connectivity index (χ3n) is 6.91. The van der Waals surface area contributed by atoms with E-state index >= 15 is 0 Å². The molecule has 0 atom stereocenters. The first-order valence-corrected chi connectivity index (χ1v) is 15.4. The number of nitrogens with zero attached hydrogens (tertiary/aromatic N) is 2. The van der Waals surface area contributed by atoms with Gasteiger partial charge < -0.3 is 18.9 Å². The van der Waals surface area contributed by atoms with Crippen molar-refractivity contribution in [2.75, 3.05) is 14.2 Å². The zero-order valence-electron chi connectivity index (χ0n) is 27.1. The van der Waals surface area contributed by atoms with E-state index in [1.807, 2.05) is 12.1 Å². The topological polar surface area (TPSA) is 154 Å². The minimum absolute atomic E-state index is 0.243. The van der Waals surface area contributed by atoms with Gasteiger partial charge in [-0.1, -0.05) is 42.8 Å². The number of hydrogen-bond acceptors (Lipinski definition) is 10. The zero-order chi connectivity index (χ0) is 34.8. The standard InChI is InChI=1S/C37H36N4O8/c1-46-32-22-26(18-20-30(32)48-36(44)28-12-6-3-7-13-28)24-38-40-34(42)16-10-5-11-17-35(43)41-39-25-27-19-21-31(33(23-27)47-2)49-37(45)29-14-8-4-9-15-29/h3-4,6-9,12-15,18-25H,5,10-11,16-17H2,1-2H3,(H,40,42)(H,41,43)/b38-24+,39-25+. The van der Waals surface area contributed by atoms with Gasteiger partial charge in [0.05, 0.1) is 37.8 Å². The molecule has 0 saturated heterocycles. The molecular formula is C37H36N4O8. The van der Waals surface area contributed by atoms with E-state index in [0.29, 0.717) is 53.0 Å². The lowest BCUT2D eigenvalue weighted by atomic mass is 10.1. The Balaban J connectivity index is 1.12. The first-order valence-electron chi connectivity index (χ1n) is 15.4. The second-order valence-corrected chi connectivity index (χ2v) is 10.5. The van der Waals surface area contributed by atoms with Crippen molar-refractivity contribution in [3.8, 4) is 23.0 Å². The van der Waals surface area contributed by atoms with Gasteiger partial charge in [0.25, 0.3) is 0 Å². The van der Waals surface area contributed by atoms with Crippen molar-refractivity contribution >= 4 is 36.2 Å². The Morgan fingerprint density at radius 3 is 1.35 bits per heavy atom. The highest BCUT2D eigenvalue weighted by molar-refractivity contribution is 5.92. The predicted molar refractivity (Wildman–Crippen MR) is 183 cm³/mol. The summed E-state index contributed by atoms with van der Waals surface area (Å²) < 4.78 is 21.6. The molecule has 12 heteroatoms. The Labute approximate surface area is 283 Å². The van der Waals surface area contributed by atoms with Crippen molar-refractivity contribution in [1.29, 1.82) is 0 Å². The van der Waals surface area contributed by atoms with E-state index < -0.39 is 11.9 Å². The van der Waals surface area contributed by atoms with E-state index in [-0.39, 0.29) is 36.2 Å². The van der Waals surface area contributed by atoms with Crippen molar-refractivity contribution in [1.82, 2.24) is 10.9 Å². The highest BCUT2D eigenvalue weighted by Crippen LogP contribution is 2.29. The van der Waals surface area contributed by atoms with Crippen LogP contribution >= 0.6 is 0 Å². The van der Waals surface area contributed by atoms with Gasteiger partial charge in [-0.05, 0) is 84.6 Å². The molecule has 0 radical (unpaired) electrons. The predicted octanol–water partition coefficient (Wildman–Crippen LogP) is 5.69. The molecule has 4 aromatic rings. The number of nitrogens with one attached hydrogen (secondary N) is 2. The second-order valence-electron chi connectivity index (χ2n) is 10.5. The summed E-state index contributed by atoms with van der Waals surface area (Å²) in [5, 5.41) is 7.97. The van der Waals surface area contributed by atoms with Crippen LogP contribution < -0.4 is 29.8 Å². The molecule has 0 fully saturated rings. The van der Waals surface area contributed by atoms with Gasteiger partial charge in [-0.2, -0.15) is 10.2 Å². The van der Waals surface area contributed by atoms with Crippen LogP contribution in [-0.2, 0) is 9.59 Å². The van der Waals surface area contributed by atoms with Crippen molar-refractivity contribution in [3.63, 3.8) is 0 Å². The highest BCUT2D eigenvalue weighted by Gasteiger charge is 2.14. The Morgan fingerprint density at radius 2 is 0.959 bits per heavy atom. The summed E-state index contributed by atoms with van der Waals surface area (Å²) in [5.41, 5.74) is 7.05. The van der Waals surface area contributed by atoms with Gasteiger partial charge in [0.2, 0.25) is 11.8 Å². The molecule has 4 aromatic carbocycles. The highest BCUT2D eigenvalue weighted by atomic mass is 16.6. The second kappa shape index (κ2) is 18.7. The number of methoxy groups -OCH3 is 2. The quantitative estimate of drug-likeness (QED) is 0.0509. The molecular weight excluding hydrogens is 628 g/mol. The van der Waals surface area contributed by atoms with Gasteiger partial charge in [-0.25, -0.2) is 20.4 Å². The minimum Gasteiger partial charge on any atom is -0.493 e. The van der Waals surface area contributed by atoms with Gasteiger partial charge in [-0.15, -0.1) is 0 Å². The largest absolute Gasteiger partial charge is 0.493 e. The van der Waals surface area contributed by atoms with Crippen LogP contribution in [-0.4, -0.2) is 50.4 Å². The molecule has 0 unspecified atom stereocenters. The normalized spacial score (nSPS) is 10.8. The van der Waals surface area contributed by atoms with Crippen LogP contribution in [0.25, 0.3) is 0 Å². The fourth-order valence-corrected chi connectivity index (χ4v) is 4.38. The van der Waals surface area contributed by atoms with Gasteiger partial charge >= 0.3 is 11.9 Å². The molecule has 0 saturated carbocycles. The van der Waals surface area contributed by atoms with Crippen LogP contribution in [0, 0.1) is 0 Å². The maximum atomic E-state index is 12.4. The number of carbonyl (C=O) groups excluding carboxylic acids is 4. The van der Waals surface area contributed by atoms with E-state index in [4.69, 9.17) is 18.9 Å². The number of rotatable bonds is 16. The molecule has 0 bridgehead atoms. The maximum absolute atomic E-state index is 12.4. The van der Waals surface area contributed by atoms with Crippen molar-refractivity contribution in [2.24, 2.45) is 10.2 Å². The number of esters is 2. The van der Waals surface area contributed by atoms with E-state index in [1.54, 1.807) is 84.9 Å². The fourth-order valence-electron chi connectivity index (χ4n) is 4.38. The van der Waals surface area contributed by atoms with Crippen LogP contribution in [0.5, 0.6) is 23.0 Å². The number of unbranched alkanes of at least 4 members (excludes halogenated alkanes) is 2. The molecule has 2 amide bonds. The molecule has 4 rings (SSSR count). The van der Waals surface area contributed by atoms with Crippen LogP contribution in [0.1, 0.15) is 63.9 Å². The molecule has 252 valence electrons. The third-order valence-corrected chi connectivity index (χ3v) is 6.91. The Hall–Kier alpha value is -6.30. The Bertz CT molecular complexity index is 1660. The summed E-state index contributed by atoms with van der Waals surface area (Å²) in [6.45, 7) is 0. The first-order chi connectivity index (χ1) is 23.9. The number of hydrazone groups is 2. The summed E-state index contributed by atoms with van der Waals surface area (Å²) >= 11 is 0. The molecule has 0 spiro atoms. The van der Waals surface area contributed by atoms with Crippen LogP contribution in [0.3, 0.4) is 0 Å². The van der Waals surface area contributed by atoms with Gasteiger partial charge in [0, 0.05) is 12.8 Å². The van der Waals surface area contributed by atoms with Gasteiger partial charge in [0.15, 0.2) is 23.0 Å². The number of amides is 2. The lowest BCUT2D eigenvalue weighted by Crippen LogP contribution is -2.18. The maximum Gasteiger partial charge on any atom is 0.343 e. The summed E-state index contributed by atoms with van der Waals surface area (Å²) in [6.07, 6.45) is 5.22. The monoisotopic (exact) mass is 664 g/mol. The molecule has 49 heavy (non-hydrogen) atoms. The summed E-state index contributed by atoms with van der Waals surface area (Å²) in [6, 6.07) is 27.0. The average molecular weight is 665 g/mol. The van der Waals surface area contributed by atoms with E-state index in [1.165, 1.54) is 26.6 Å². The molecule has 0 aromatic heterocycles. The minimum atomic E-state index is -0.507. The van der Waals surface area contributed by atoms with Crippen LogP contribution in [0.2, 0.25) is 0 Å². The number of benzene rings is 4. The molecule has 12 nitrogen and oxygen atoms in total. The number of hydrogen-bond donors (Lipinski definition) is 2. The molecule has 2 N–H and O–H groups in total. The molecule has 0 heterocycles. The summed E-state index contributed by atoms with van der Waals surface area (Å²) in [7, 11) is 2.92. The van der Waals surface area contributed by atoms with Gasteiger partial charge in [-0.3, -0.25) is 9.59 Å². The Morgan fingerprint density at radius 1 is 0.551 bits per heavy atom. The van der Waals surface area contributed by atoms with E-state index in [0.717, 1.165) is 0 Å². The number of ether oxygens (including phenoxy) is 4. The lowest BCUT2D eigenvalue weighted by Gasteiger charge is -2.10. The lowest BCUT2D eigenvalue weighted by molar-refractivity contribution is -0.121. The average Bonchev–Trinajstić information content (AvgIpc) is 3.13. The Kier molecular flexibility index (Phi) is 13.6. The molecule has 0 aliphatic rings. The van der Waals surface area contributed by atoms with Gasteiger partial charge in [0.1, 0.15) is 0 Å². The summed E-state index contributed by atoms with van der Waals surface area (Å²) in [4.78, 5) is 49.1. The smallest absolute Gasteiger partial charge is 0.343 e. The summed E-state index contributed by atoms with van der Waals surface area (Å²) in [5.74, 6) is -0.342. The first kappa shape index (κ1) is 35.6. The third kappa shape index (κ3) is 11.5. The van der Waals surface area contributed by atoms with E-state index in [9.17, 15) is 19.2 Å².